The summed E-state index contributed by atoms with van der Waals surface area (Å²) in [6.07, 6.45) is -1.69. The van der Waals surface area contributed by atoms with Crippen molar-refractivity contribution in [3.63, 3.8) is 0 Å². The first-order valence-corrected chi connectivity index (χ1v) is 17.5. The third kappa shape index (κ3) is 6.06. The van der Waals surface area contributed by atoms with Gasteiger partial charge >= 0.3 is 0 Å². The van der Waals surface area contributed by atoms with Gasteiger partial charge < -0.3 is 19.2 Å². The van der Waals surface area contributed by atoms with Crippen molar-refractivity contribution in [2.24, 2.45) is 0 Å². The van der Waals surface area contributed by atoms with E-state index < -0.39 is 26.1 Å². The number of halogens is 2. The van der Waals surface area contributed by atoms with Crippen LogP contribution in [-0.4, -0.2) is 43.7 Å². The second-order valence-electron chi connectivity index (χ2n) is 12.4. The Labute approximate surface area is 258 Å². The summed E-state index contributed by atoms with van der Waals surface area (Å²) in [6, 6.07) is 22.0. The van der Waals surface area contributed by atoms with E-state index in [1.54, 1.807) is 18.5 Å². The normalized spacial score (nSPS) is 18.6. The van der Waals surface area contributed by atoms with Gasteiger partial charge in [0.05, 0.1) is 40.6 Å². The highest BCUT2D eigenvalue weighted by atomic mass is 32.1. The predicted octanol–water partition coefficient (Wildman–Crippen LogP) is 6.50. The number of hydrogen-bond acceptors (Lipinski definition) is 6. The maximum absolute atomic E-state index is 16.3. The number of aryl methyl sites for hydroxylation is 1. The molecular formula is C34H40F2N2O3SSi. The number of benzene rings is 3. The smallest absolute Gasteiger partial charge is 0.261 e. The second-order valence-corrected chi connectivity index (χ2v) is 17.6. The number of ether oxygens (including phenoxy) is 1. The minimum Gasteiger partial charge on any atom is -0.403 e. The SMILES string of the molecule is Cc1ncsc1C(O)c1cc(CO[Si](c2ccccc2)(c2ccccc2)C(C)(C)C)c(N2CC(C)OC(C)C2)c(F)c1F. The first-order chi connectivity index (χ1) is 20.4. The van der Waals surface area contributed by atoms with Crippen LogP contribution >= 0.6 is 11.3 Å². The Morgan fingerprint density at radius 2 is 1.56 bits per heavy atom. The van der Waals surface area contributed by atoms with Crippen molar-refractivity contribution in [2.45, 2.75) is 71.5 Å². The van der Waals surface area contributed by atoms with Gasteiger partial charge in [0.2, 0.25) is 0 Å². The average Bonchev–Trinajstić information content (AvgIpc) is 3.40. The summed E-state index contributed by atoms with van der Waals surface area (Å²) in [5.74, 6) is -2.04. The molecule has 4 aromatic rings. The number of hydrogen-bond donors (Lipinski definition) is 1. The van der Waals surface area contributed by atoms with Gasteiger partial charge in [0.1, 0.15) is 6.10 Å². The predicted molar refractivity (Wildman–Crippen MR) is 172 cm³/mol. The Morgan fingerprint density at radius 3 is 2.05 bits per heavy atom. The fourth-order valence-corrected chi connectivity index (χ4v) is 11.7. The van der Waals surface area contributed by atoms with Crippen LogP contribution in [0, 0.1) is 18.6 Å². The number of aliphatic hydroxyl groups excluding tert-OH is 1. The quantitative estimate of drug-likeness (QED) is 0.228. The van der Waals surface area contributed by atoms with E-state index >= 15 is 8.78 Å². The largest absolute Gasteiger partial charge is 0.403 e. The number of aromatic nitrogens is 1. The standard InChI is InChI=1S/C34H40F2N2O3SSi/c1-22-18-38(19-23(2)41-22)31-25(17-28(29(35)30(31)36)32(39)33-24(3)37-21-42-33)20-40-43(34(4,5)6,26-13-9-7-10-14-26)27-15-11-8-12-16-27/h7-17,21-23,32,39H,18-20H2,1-6H3. The van der Waals surface area contributed by atoms with Crippen LogP contribution in [0.4, 0.5) is 14.5 Å². The molecule has 1 aliphatic heterocycles. The van der Waals surface area contributed by atoms with Gasteiger partial charge in [0.15, 0.2) is 11.6 Å². The monoisotopic (exact) mass is 622 g/mol. The molecule has 0 aliphatic carbocycles. The van der Waals surface area contributed by atoms with Gasteiger partial charge in [-0.25, -0.2) is 13.8 Å². The van der Waals surface area contributed by atoms with Gasteiger partial charge in [0.25, 0.3) is 8.32 Å². The molecule has 0 amide bonds. The summed E-state index contributed by atoms with van der Waals surface area (Å²) in [5.41, 5.74) is 2.71. The molecule has 228 valence electrons. The van der Waals surface area contributed by atoms with E-state index in [-0.39, 0.29) is 35.1 Å². The summed E-state index contributed by atoms with van der Waals surface area (Å²) in [6.45, 7) is 13.0. The van der Waals surface area contributed by atoms with Gasteiger partial charge in [0, 0.05) is 24.2 Å². The third-order valence-electron chi connectivity index (χ3n) is 8.21. The highest BCUT2D eigenvalue weighted by molar-refractivity contribution is 7.09. The molecule has 43 heavy (non-hydrogen) atoms. The highest BCUT2D eigenvalue weighted by Gasteiger charge is 2.50. The van der Waals surface area contributed by atoms with Crippen molar-refractivity contribution in [1.82, 2.24) is 4.98 Å². The van der Waals surface area contributed by atoms with Crippen molar-refractivity contribution >= 4 is 35.7 Å². The maximum atomic E-state index is 16.3. The molecule has 3 unspecified atom stereocenters. The molecule has 3 aromatic carbocycles. The first-order valence-electron chi connectivity index (χ1n) is 14.7. The van der Waals surface area contributed by atoms with Gasteiger partial charge in [-0.2, -0.15) is 0 Å². The molecule has 5 nitrogen and oxygen atoms in total. The number of aliphatic hydroxyl groups is 1. The lowest BCUT2D eigenvalue weighted by Crippen LogP contribution is -2.66. The van der Waals surface area contributed by atoms with Crippen LogP contribution in [0.25, 0.3) is 0 Å². The fraction of sp³-hybridized carbons (Fsp3) is 0.382. The molecule has 2 heterocycles. The van der Waals surface area contributed by atoms with Crippen LogP contribution in [-0.2, 0) is 15.8 Å². The zero-order valence-electron chi connectivity index (χ0n) is 25.6. The average molecular weight is 623 g/mol. The van der Waals surface area contributed by atoms with Crippen LogP contribution in [0.1, 0.15) is 62.4 Å². The van der Waals surface area contributed by atoms with Gasteiger partial charge in [-0.15, -0.1) is 11.3 Å². The maximum Gasteiger partial charge on any atom is 0.261 e. The molecule has 0 radical (unpaired) electrons. The summed E-state index contributed by atoms with van der Waals surface area (Å²) >= 11 is 1.22. The minimum absolute atomic E-state index is 0.0291. The van der Waals surface area contributed by atoms with Crippen molar-refractivity contribution in [3.8, 4) is 0 Å². The second kappa shape index (κ2) is 12.6. The number of anilines is 1. The van der Waals surface area contributed by atoms with Crippen LogP contribution in [0.15, 0.2) is 72.2 Å². The lowest BCUT2D eigenvalue weighted by atomic mass is 10.00. The third-order valence-corrected chi connectivity index (χ3v) is 14.2. The molecule has 0 spiro atoms. The highest BCUT2D eigenvalue weighted by Crippen LogP contribution is 2.40. The molecule has 1 fully saturated rings. The Hall–Kier alpha value is -2.95. The van der Waals surface area contributed by atoms with Gasteiger partial charge in [-0.1, -0.05) is 81.4 Å². The number of thiazole rings is 1. The van der Waals surface area contributed by atoms with E-state index in [0.29, 0.717) is 29.2 Å². The van der Waals surface area contributed by atoms with Crippen molar-refractivity contribution < 1.29 is 23.1 Å². The Bertz CT molecular complexity index is 1500. The molecule has 5 rings (SSSR count). The molecule has 0 saturated carbocycles. The summed E-state index contributed by atoms with van der Waals surface area (Å²) in [4.78, 5) is 6.55. The van der Waals surface area contributed by atoms with E-state index in [1.807, 2.05) is 55.1 Å². The van der Waals surface area contributed by atoms with Crippen molar-refractivity contribution in [2.75, 3.05) is 18.0 Å². The van der Waals surface area contributed by atoms with E-state index in [9.17, 15) is 5.11 Å². The van der Waals surface area contributed by atoms with Gasteiger partial charge in [-0.05, 0) is 42.2 Å². The number of morpholine rings is 1. The Kier molecular flexibility index (Phi) is 9.20. The first kappa shape index (κ1) is 31.5. The van der Waals surface area contributed by atoms with Crippen LogP contribution in [0.3, 0.4) is 0 Å². The van der Waals surface area contributed by atoms with E-state index in [4.69, 9.17) is 9.16 Å². The number of nitrogens with zero attached hydrogens (tertiary/aromatic N) is 2. The molecular weight excluding hydrogens is 583 g/mol. The topological polar surface area (TPSA) is 54.8 Å². The zero-order valence-corrected chi connectivity index (χ0v) is 27.4. The lowest BCUT2D eigenvalue weighted by molar-refractivity contribution is -0.00554. The van der Waals surface area contributed by atoms with Crippen molar-refractivity contribution in [1.29, 1.82) is 0 Å². The molecule has 1 aliphatic rings. The molecule has 3 atom stereocenters. The van der Waals surface area contributed by atoms with Crippen LogP contribution < -0.4 is 15.3 Å². The zero-order chi connectivity index (χ0) is 30.9. The fourth-order valence-electron chi connectivity index (χ4n) is 6.36. The molecule has 1 aromatic heterocycles. The van der Waals surface area contributed by atoms with Gasteiger partial charge in [-0.3, -0.25) is 0 Å². The Morgan fingerprint density at radius 1 is 1.00 bits per heavy atom. The van der Waals surface area contributed by atoms with E-state index in [2.05, 4.69) is 50.0 Å². The molecule has 1 N–H and O–H groups in total. The molecule has 1 saturated heterocycles. The summed E-state index contributed by atoms with van der Waals surface area (Å²) in [7, 11) is -3.00. The summed E-state index contributed by atoms with van der Waals surface area (Å²) < 4.78 is 45.4. The van der Waals surface area contributed by atoms with Crippen molar-refractivity contribution in [3.05, 3.63) is 106 Å². The number of rotatable bonds is 8. The molecule has 0 bridgehead atoms. The minimum atomic E-state index is -3.00. The molecule has 9 heteroatoms. The van der Waals surface area contributed by atoms with E-state index in [1.165, 1.54) is 11.3 Å². The Balaban J connectivity index is 1.68. The van der Waals surface area contributed by atoms with Crippen LogP contribution in [0.5, 0.6) is 0 Å². The van der Waals surface area contributed by atoms with Crippen LogP contribution in [0.2, 0.25) is 5.04 Å². The summed E-state index contributed by atoms with van der Waals surface area (Å²) in [5, 5.41) is 13.2. The van der Waals surface area contributed by atoms with E-state index in [0.717, 1.165) is 10.4 Å². The lowest BCUT2D eigenvalue weighted by Gasteiger charge is -2.43.